The molecule has 2 heterocycles. The summed E-state index contributed by atoms with van der Waals surface area (Å²) in [5.74, 6) is -1.33. The van der Waals surface area contributed by atoms with E-state index in [2.05, 4.69) is 35.1 Å². The SMILES string of the molecule is CNC(=O)C(=O)CCC(NC(=O)c1cc2ccccc2o1)C(=O)Nc1cccn(CC(=O)NC(C)C2(C)CC3CC(C)CC(C3)C2)c1=O. The molecule has 12 nitrogen and oxygen atoms in total. The van der Waals surface area contributed by atoms with Crippen molar-refractivity contribution in [3.8, 4) is 0 Å². The van der Waals surface area contributed by atoms with Gasteiger partial charge in [-0.3, -0.25) is 28.8 Å². The third kappa shape index (κ3) is 8.03. The molecule has 2 saturated carbocycles. The second-order valence-corrected chi connectivity index (χ2v) is 14.0. The van der Waals surface area contributed by atoms with Crippen LogP contribution < -0.4 is 26.8 Å². The molecule has 2 aliphatic carbocycles. The molecule has 4 amide bonds. The number of nitrogens with zero attached hydrogens (tertiary/aromatic N) is 1. The van der Waals surface area contributed by atoms with Crippen molar-refractivity contribution in [3.63, 3.8) is 0 Å². The first-order valence-electron chi connectivity index (χ1n) is 16.7. The number of hydrogen-bond acceptors (Lipinski definition) is 7. The number of hydrogen-bond donors (Lipinski definition) is 4. The van der Waals surface area contributed by atoms with E-state index in [9.17, 15) is 28.8 Å². The van der Waals surface area contributed by atoms with Crippen LogP contribution in [0.2, 0.25) is 0 Å². The molecular weight excluding hydrogens is 614 g/mol. The molecule has 0 aliphatic heterocycles. The van der Waals surface area contributed by atoms with Crippen LogP contribution in [0.5, 0.6) is 0 Å². The van der Waals surface area contributed by atoms with Gasteiger partial charge in [-0.25, -0.2) is 0 Å². The quantitative estimate of drug-likeness (QED) is 0.215. The predicted molar refractivity (Wildman–Crippen MR) is 180 cm³/mol. The van der Waals surface area contributed by atoms with Gasteiger partial charge in [-0.2, -0.15) is 0 Å². The van der Waals surface area contributed by atoms with Crippen LogP contribution in [-0.4, -0.2) is 53.1 Å². The van der Waals surface area contributed by atoms with Crippen LogP contribution in [0.4, 0.5) is 5.69 Å². The molecule has 12 heteroatoms. The number of aromatic nitrogens is 1. The van der Waals surface area contributed by atoms with E-state index in [1.165, 1.54) is 55.3 Å². The van der Waals surface area contributed by atoms with Gasteiger partial charge < -0.3 is 30.3 Å². The van der Waals surface area contributed by atoms with Crippen molar-refractivity contribution in [1.29, 1.82) is 0 Å². The van der Waals surface area contributed by atoms with Crippen molar-refractivity contribution in [1.82, 2.24) is 20.5 Å². The Hall–Kier alpha value is -4.74. The van der Waals surface area contributed by atoms with E-state index in [0.717, 1.165) is 18.8 Å². The fourth-order valence-electron chi connectivity index (χ4n) is 7.70. The van der Waals surface area contributed by atoms with Crippen LogP contribution in [0.3, 0.4) is 0 Å². The van der Waals surface area contributed by atoms with Crippen LogP contribution in [0.1, 0.15) is 76.3 Å². The molecule has 48 heavy (non-hydrogen) atoms. The first-order valence-corrected chi connectivity index (χ1v) is 16.7. The van der Waals surface area contributed by atoms with E-state index in [1.807, 2.05) is 6.92 Å². The molecule has 5 rings (SSSR count). The number of furan rings is 1. The largest absolute Gasteiger partial charge is 0.451 e. The van der Waals surface area contributed by atoms with Crippen LogP contribution in [0.25, 0.3) is 11.0 Å². The molecule has 4 atom stereocenters. The summed E-state index contributed by atoms with van der Waals surface area (Å²) in [4.78, 5) is 77.1. The maximum absolute atomic E-state index is 13.5. The summed E-state index contributed by atoms with van der Waals surface area (Å²) in [5, 5.41) is 11.2. The lowest BCUT2D eigenvalue weighted by Gasteiger charge is -2.50. The van der Waals surface area contributed by atoms with Crippen molar-refractivity contribution in [3.05, 3.63) is 64.8 Å². The van der Waals surface area contributed by atoms with Gasteiger partial charge in [-0.05, 0) is 92.9 Å². The van der Waals surface area contributed by atoms with Gasteiger partial charge in [0.15, 0.2) is 5.76 Å². The summed E-state index contributed by atoms with van der Waals surface area (Å²) in [6.45, 7) is 6.38. The molecule has 0 radical (unpaired) electrons. The second kappa shape index (κ2) is 14.6. The zero-order chi connectivity index (χ0) is 34.6. The first kappa shape index (κ1) is 34.6. The minimum Gasteiger partial charge on any atom is -0.451 e. The minimum atomic E-state index is -1.30. The Balaban J connectivity index is 1.25. The van der Waals surface area contributed by atoms with Gasteiger partial charge in [0, 0.05) is 31.1 Å². The molecule has 0 spiro atoms. The molecule has 2 fully saturated rings. The van der Waals surface area contributed by atoms with Crippen molar-refractivity contribution in [2.24, 2.45) is 23.2 Å². The van der Waals surface area contributed by atoms with Crippen molar-refractivity contribution in [2.75, 3.05) is 12.4 Å². The van der Waals surface area contributed by atoms with E-state index in [0.29, 0.717) is 22.8 Å². The molecule has 2 bridgehead atoms. The zero-order valence-electron chi connectivity index (χ0n) is 28.0. The predicted octanol–water partition coefficient (Wildman–Crippen LogP) is 3.78. The van der Waals surface area contributed by atoms with E-state index in [4.69, 9.17) is 4.42 Å². The van der Waals surface area contributed by atoms with Crippen LogP contribution in [0.15, 0.2) is 57.9 Å². The highest BCUT2D eigenvalue weighted by Crippen LogP contribution is 2.51. The highest BCUT2D eigenvalue weighted by molar-refractivity contribution is 6.36. The normalized spacial score (nSPS) is 23.0. The summed E-state index contributed by atoms with van der Waals surface area (Å²) < 4.78 is 6.83. The van der Waals surface area contributed by atoms with E-state index < -0.39 is 35.1 Å². The van der Waals surface area contributed by atoms with Gasteiger partial charge in [0.25, 0.3) is 17.4 Å². The standard InChI is InChI=1S/C36H45N5O7/c1-21-14-23-16-24(15-21)19-36(3,18-23)22(2)38-31(43)20-41-13-7-9-27(35(41)47)40-32(44)26(11-12-28(42)33(45)37-4)39-34(46)30-17-25-8-5-6-10-29(25)48-30/h5-10,13,17,21-24,26H,11-12,14-16,18-20H2,1-4H3,(H,37,45)(H,38,43)(H,39,46)(H,40,44). The molecular formula is C36H45N5O7. The Morgan fingerprint density at radius 3 is 2.40 bits per heavy atom. The zero-order valence-corrected chi connectivity index (χ0v) is 28.0. The summed E-state index contributed by atoms with van der Waals surface area (Å²) >= 11 is 0. The number of fused-ring (bicyclic) bond motifs is 3. The first-order chi connectivity index (χ1) is 22.8. The maximum atomic E-state index is 13.5. The number of ketones is 1. The van der Waals surface area contributed by atoms with Crippen molar-refractivity contribution >= 4 is 46.1 Å². The smallest absolute Gasteiger partial charge is 0.287 e. The minimum absolute atomic E-state index is 0.0226. The number of rotatable bonds is 12. The lowest BCUT2D eigenvalue weighted by Crippen LogP contribution is -2.50. The Morgan fingerprint density at radius 2 is 1.71 bits per heavy atom. The third-order valence-corrected chi connectivity index (χ3v) is 10.1. The third-order valence-electron chi connectivity index (χ3n) is 10.1. The molecule has 3 aromatic rings. The molecule has 2 aliphatic rings. The summed E-state index contributed by atoms with van der Waals surface area (Å²) in [6, 6.07) is 10.1. The Bertz CT molecular complexity index is 1710. The van der Waals surface area contributed by atoms with Gasteiger partial charge >= 0.3 is 0 Å². The van der Waals surface area contributed by atoms with Crippen LogP contribution >= 0.6 is 0 Å². The van der Waals surface area contributed by atoms with E-state index >= 15 is 0 Å². The number of amides is 4. The molecule has 4 N–H and O–H groups in total. The average Bonchev–Trinajstić information content (AvgIpc) is 3.48. The highest BCUT2D eigenvalue weighted by Gasteiger charge is 2.44. The number of Topliss-reactive ketones (excluding diaryl/α,β-unsaturated/α-hetero) is 1. The monoisotopic (exact) mass is 659 g/mol. The number of anilines is 1. The molecule has 1 aromatic carbocycles. The number of carbonyl (C=O) groups excluding carboxylic acids is 5. The second-order valence-electron chi connectivity index (χ2n) is 14.0. The van der Waals surface area contributed by atoms with Gasteiger partial charge in [0.05, 0.1) is 0 Å². The number of likely N-dealkylation sites (N-methyl/N-ethyl adjacent to an activating group) is 1. The van der Waals surface area contributed by atoms with Gasteiger partial charge in [-0.15, -0.1) is 0 Å². The van der Waals surface area contributed by atoms with E-state index in [1.54, 1.807) is 24.3 Å². The van der Waals surface area contributed by atoms with Gasteiger partial charge in [0.1, 0.15) is 23.9 Å². The average molecular weight is 660 g/mol. The lowest BCUT2D eigenvalue weighted by atomic mass is 9.57. The van der Waals surface area contributed by atoms with Crippen molar-refractivity contribution in [2.45, 2.75) is 84.3 Å². The van der Waals surface area contributed by atoms with Gasteiger partial charge in [0.2, 0.25) is 17.6 Å². The van der Waals surface area contributed by atoms with Crippen LogP contribution in [-0.2, 0) is 25.7 Å². The van der Waals surface area contributed by atoms with Crippen molar-refractivity contribution < 1.29 is 28.4 Å². The summed E-state index contributed by atoms with van der Waals surface area (Å²) in [7, 11) is 1.32. The number of pyridine rings is 1. The van der Waals surface area contributed by atoms with Gasteiger partial charge in [-0.1, -0.05) is 32.0 Å². The fraction of sp³-hybridized carbons (Fsp3) is 0.500. The molecule has 4 unspecified atom stereocenters. The highest BCUT2D eigenvalue weighted by atomic mass is 16.3. The Morgan fingerprint density at radius 1 is 1.00 bits per heavy atom. The lowest BCUT2D eigenvalue weighted by molar-refractivity contribution is -0.137. The maximum Gasteiger partial charge on any atom is 0.287 e. The number of benzene rings is 1. The molecule has 2 aromatic heterocycles. The topological polar surface area (TPSA) is 169 Å². The van der Waals surface area contributed by atoms with E-state index in [-0.39, 0.29) is 48.2 Å². The molecule has 256 valence electrons. The number of nitrogens with one attached hydrogen (secondary N) is 4. The number of carbonyl (C=O) groups is 5. The Kier molecular flexibility index (Phi) is 10.5. The Labute approximate surface area is 279 Å². The van der Waals surface area contributed by atoms with Crippen LogP contribution in [0, 0.1) is 23.2 Å². The molecule has 0 saturated heterocycles. The summed E-state index contributed by atoms with van der Waals surface area (Å²) in [6.07, 6.45) is 6.78. The summed E-state index contributed by atoms with van der Waals surface area (Å²) in [5.41, 5.74) is -0.257. The fourth-order valence-corrected chi connectivity index (χ4v) is 7.70. The number of para-hydroxylation sites is 1.